The summed E-state index contributed by atoms with van der Waals surface area (Å²) >= 11 is 0. The van der Waals surface area contributed by atoms with Crippen molar-refractivity contribution in [2.75, 3.05) is 69.9 Å². The molecule has 2 saturated heterocycles. The van der Waals surface area contributed by atoms with Gasteiger partial charge in [-0.1, -0.05) is 0 Å². The number of carbonyl (C=O) groups is 1. The molecule has 2 aliphatic heterocycles. The molecule has 0 radical (unpaired) electrons. The van der Waals surface area contributed by atoms with Gasteiger partial charge in [0.25, 0.3) is 0 Å². The topological polar surface area (TPSA) is 104 Å². The lowest BCUT2D eigenvalue weighted by Crippen LogP contribution is -2.55. The highest BCUT2D eigenvalue weighted by Crippen LogP contribution is 2.29. The highest BCUT2D eigenvalue weighted by molar-refractivity contribution is 7.91. The van der Waals surface area contributed by atoms with Crippen molar-refractivity contribution < 1.29 is 26.4 Å². The Bertz CT molecular complexity index is 947. The summed E-state index contributed by atoms with van der Waals surface area (Å²) in [5.41, 5.74) is 0.466. The quantitative estimate of drug-likeness (QED) is 0.667. The Balaban J connectivity index is 1.77. The van der Waals surface area contributed by atoms with Gasteiger partial charge in [-0.05, 0) is 18.2 Å². The molecule has 2 heterocycles. The van der Waals surface area contributed by atoms with E-state index in [2.05, 4.69) is 0 Å². The third-order valence-electron chi connectivity index (χ3n) is 4.93. The molecule has 9 nitrogen and oxygen atoms in total. The van der Waals surface area contributed by atoms with E-state index >= 15 is 0 Å². The molecule has 0 spiro atoms. The molecule has 0 N–H and O–H groups in total. The predicted octanol–water partition coefficient (Wildman–Crippen LogP) is 0.0678. The number of hydrogen-bond acceptors (Lipinski definition) is 7. The van der Waals surface area contributed by atoms with Gasteiger partial charge in [0.15, 0.2) is 19.7 Å². The van der Waals surface area contributed by atoms with Crippen LogP contribution < -0.4 is 4.90 Å². The third-order valence-corrected chi connectivity index (χ3v) is 7.17. The fourth-order valence-electron chi connectivity index (χ4n) is 3.38. The molecule has 0 atom stereocenters. The van der Waals surface area contributed by atoms with Crippen LogP contribution in [0.1, 0.15) is 0 Å². The first-order valence-electron chi connectivity index (χ1n) is 8.98. The highest BCUT2D eigenvalue weighted by atomic mass is 32.2. The number of morpholine rings is 1. The van der Waals surface area contributed by atoms with Gasteiger partial charge in [-0.2, -0.15) is 0 Å². The molecule has 2 aliphatic rings. The van der Waals surface area contributed by atoms with Crippen LogP contribution in [0, 0.1) is 0 Å². The van der Waals surface area contributed by atoms with Gasteiger partial charge in [-0.15, -0.1) is 0 Å². The van der Waals surface area contributed by atoms with Gasteiger partial charge in [0.2, 0.25) is 0 Å². The predicted molar refractivity (Wildman–Crippen MR) is 104 cm³/mol. The van der Waals surface area contributed by atoms with E-state index in [1.807, 2.05) is 4.90 Å². The van der Waals surface area contributed by atoms with Crippen LogP contribution in [0.2, 0.25) is 0 Å². The SMILES string of the molecule is CS(=O)(=O)c1ccc(N2CCN(C(=O)N3CCOCC3)CC2)c(S(C)(=O)=O)c1. The maximum atomic E-state index is 12.6. The molecule has 3 rings (SSSR count). The Morgan fingerprint density at radius 3 is 1.96 bits per heavy atom. The second kappa shape index (κ2) is 7.88. The largest absolute Gasteiger partial charge is 0.378 e. The summed E-state index contributed by atoms with van der Waals surface area (Å²) in [6, 6.07) is 4.14. The number of rotatable bonds is 3. The molecule has 0 aliphatic carbocycles. The number of urea groups is 1. The van der Waals surface area contributed by atoms with Gasteiger partial charge in [-0.3, -0.25) is 0 Å². The average Bonchev–Trinajstić information content (AvgIpc) is 2.66. The summed E-state index contributed by atoms with van der Waals surface area (Å²) in [5.74, 6) is 0. The van der Waals surface area contributed by atoms with Gasteiger partial charge in [0, 0.05) is 51.8 Å². The second-order valence-electron chi connectivity index (χ2n) is 7.03. The molecule has 2 fully saturated rings. The molecular weight excluding hydrogens is 406 g/mol. The highest BCUT2D eigenvalue weighted by Gasteiger charge is 2.28. The zero-order valence-corrected chi connectivity index (χ0v) is 17.6. The first kappa shape index (κ1) is 20.9. The number of piperazine rings is 1. The molecular formula is C17H25N3O6S2. The Morgan fingerprint density at radius 1 is 0.857 bits per heavy atom. The normalized spacial score (nSPS) is 19.0. The van der Waals surface area contributed by atoms with Gasteiger partial charge in [-0.25, -0.2) is 21.6 Å². The zero-order valence-electron chi connectivity index (χ0n) is 16.0. The van der Waals surface area contributed by atoms with Crippen molar-refractivity contribution in [2.24, 2.45) is 0 Å². The summed E-state index contributed by atoms with van der Waals surface area (Å²) in [6.07, 6.45) is 2.11. The van der Waals surface area contributed by atoms with E-state index in [1.165, 1.54) is 18.2 Å². The van der Waals surface area contributed by atoms with E-state index in [1.54, 1.807) is 9.80 Å². The first-order valence-corrected chi connectivity index (χ1v) is 12.8. The van der Waals surface area contributed by atoms with Crippen LogP contribution >= 0.6 is 0 Å². The van der Waals surface area contributed by atoms with E-state index in [0.29, 0.717) is 58.2 Å². The molecule has 0 bridgehead atoms. The van der Waals surface area contributed by atoms with Crippen molar-refractivity contribution >= 4 is 31.4 Å². The van der Waals surface area contributed by atoms with Crippen LogP contribution in [0.4, 0.5) is 10.5 Å². The first-order chi connectivity index (χ1) is 13.1. The van der Waals surface area contributed by atoms with Crippen LogP contribution in [0.5, 0.6) is 0 Å². The molecule has 0 unspecified atom stereocenters. The summed E-state index contributed by atoms with van der Waals surface area (Å²) in [6.45, 7) is 4.09. The molecule has 1 aromatic rings. The third kappa shape index (κ3) is 4.58. The number of benzene rings is 1. The number of sulfone groups is 2. The molecule has 11 heteroatoms. The van der Waals surface area contributed by atoms with Crippen LogP contribution in [0.25, 0.3) is 0 Å². The average molecular weight is 432 g/mol. The van der Waals surface area contributed by atoms with E-state index in [0.717, 1.165) is 12.5 Å². The molecule has 156 valence electrons. The molecule has 0 saturated carbocycles. The Labute approximate surface area is 165 Å². The lowest BCUT2D eigenvalue weighted by molar-refractivity contribution is 0.0428. The molecule has 2 amide bonds. The summed E-state index contributed by atoms with van der Waals surface area (Å²) < 4.78 is 53.4. The minimum Gasteiger partial charge on any atom is -0.378 e. The van der Waals surface area contributed by atoms with Crippen molar-refractivity contribution in [1.82, 2.24) is 9.80 Å². The maximum absolute atomic E-state index is 12.6. The minimum absolute atomic E-state index is 0.0108. The molecule has 1 aromatic carbocycles. The van der Waals surface area contributed by atoms with Crippen LogP contribution in [-0.4, -0.2) is 97.7 Å². The second-order valence-corrected chi connectivity index (χ2v) is 11.0. The van der Waals surface area contributed by atoms with Gasteiger partial charge >= 0.3 is 6.03 Å². The number of nitrogens with zero attached hydrogens (tertiary/aromatic N) is 3. The van der Waals surface area contributed by atoms with Gasteiger partial charge < -0.3 is 19.4 Å². The van der Waals surface area contributed by atoms with E-state index in [9.17, 15) is 21.6 Å². The van der Waals surface area contributed by atoms with E-state index in [4.69, 9.17) is 4.74 Å². The van der Waals surface area contributed by atoms with Crippen molar-refractivity contribution in [3.63, 3.8) is 0 Å². The monoisotopic (exact) mass is 431 g/mol. The van der Waals surface area contributed by atoms with Crippen LogP contribution in [-0.2, 0) is 24.4 Å². The Morgan fingerprint density at radius 2 is 1.43 bits per heavy atom. The zero-order chi connectivity index (χ0) is 20.5. The number of ether oxygens (including phenoxy) is 1. The lowest BCUT2D eigenvalue weighted by Gasteiger charge is -2.39. The summed E-state index contributed by atoms with van der Waals surface area (Å²) in [4.78, 5) is 18.0. The fourth-order valence-corrected chi connectivity index (χ4v) is 5.02. The van der Waals surface area contributed by atoms with E-state index < -0.39 is 19.7 Å². The number of amides is 2. The lowest BCUT2D eigenvalue weighted by atomic mass is 10.2. The van der Waals surface area contributed by atoms with Crippen LogP contribution in [0.3, 0.4) is 0 Å². The smallest absolute Gasteiger partial charge is 0.320 e. The number of hydrogen-bond donors (Lipinski definition) is 0. The minimum atomic E-state index is -3.62. The van der Waals surface area contributed by atoms with Crippen molar-refractivity contribution in [3.8, 4) is 0 Å². The Hall–Kier alpha value is -1.85. The van der Waals surface area contributed by atoms with Gasteiger partial charge in [0.1, 0.15) is 0 Å². The van der Waals surface area contributed by atoms with Crippen molar-refractivity contribution in [1.29, 1.82) is 0 Å². The fraction of sp³-hybridized carbons (Fsp3) is 0.588. The molecule has 0 aromatic heterocycles. The standard InChI is InChI=1S/C17H25N3O6S2/c1-27(22,23)14-3-4-15(16(13-14)28(2,24)25)18-5-7-19(8-6-18)17(21)20-9-11-26-12-10-20/h3-4,13H,5-12H2,1-2H3. The Kier molecular flexibility index (Phi) is 5.87. The van der Waals surface area contributed by atoms with Crippen molar-refractivity contribution in [2.45, 2.75) is 9.79 Å². The van der Waals surface area contributed by atoms with Crippen LogP contribution in [0.15, 0.2) is 28.0 Å². The maximum Gasteiger partial charge on any atom is 0.320 e. The van der Waals surface area contributed by atoms with Crippen molar-refractivity contribution in [3.05, 3.63) is 18.2 Å². The van der Waals surface area contributed by atoms with E-state index in [-0.39, 0.29) is 15.8 Å². The summed E-state index contributed by atoms with van der Waals surface area (Å²) in [5, 5.41) is 0. The number of anilines is 1. The summed E-state index contributed by atoms with van der Waals surface area (Å²) in [7, 11) is -7.14. The molecule has 28 heavy (non-hydrogen) atoms. The number of carbonyl (C=O) groups excluding carboxylic acids is 1. The van der Waals surface area contributed by atoms with Gasteiger partial charge in [0.05, 0.1) is 28.7 Å².